The number of hydrogen-bond donors (Lipinski definition) is 1. The zero-order chi connectivity index (χ0) is 21.2. The van der Waals surface area contributed by atoms with E-state index in [1.165, 1.54) is 5.69 Å². The summed E-state index contributed by atoms with van der Waals surface area (Å²) in [5, 5.41) is 18.0. The van der Waals surface area contributed by atoms with Crippen molar-refractivity contribution in [2.75, 3.05) is 37.6 Å². The summed E-state index contributed by atoms with van der Waals surface area (Å²) in [4.78, 5) is 9.60. The molecule has 2 aromatic carbocycles. The minimum absolute atomic E-state index is 0.175. The second-order valence-corrected chi connectivity index (χ2v) is 8.39. The van der Waals surface area contributed by atoms with E-state index in [9.17, 15) is 5.26 Å². The lowest BCUT2D eigenvalue weighted by Crippen LogP contribution is -2.49. The lowest BCUT2D eigenvalue weighted by atomic mass is 9.78. The highest BCUT2D eigenvalue weighted by Gasteiger charge is 2.37. The van der Waals surface area contributed by atoms with Crippen LogP contribution in [0.4, 0.5) is 11.5 Å². The van der Waals surface area contributed by atoms with Gasteiger partial charge in [-0.15, -0.1) is 0 Å². The summed E-state index contributed by atoms with van der Waals surface area (Å²) < 4.78 is 0. The molecule has 0 saturated carbocycles. The number of piperazine rings is 1. The molecule has 0 amide bonds. The first-order valence-electron chi connectivity index (χ1n) is 10.5. The molecule has 3 aromatic rings. The topological polar surface area (TPSA) is 71.3 Å². The molecule has 6 nitrogen and oxygen atoms in total. The Morgan fingerprint density at radius 3 is 2.48 bits per heavy atom. The van der Waals surface area contributed by atoms with Crippen molar-refractivity contribution in [3.63, 3.8) is 0 Å². The maximum absolute atomic E-state index is 10.1. The molecule has 2 aliphatic rings. The number of para-hydroxylation sites is 1. The second kappa shape index (κ2) is 8.54. The van der Waals surface area contributed by atoms with Gasteiger partial charge in [0.25, 0.3) is 0 Å². The summed E-state index contributed by atoms with van der Waals surface area (Å²) in [6, 6.07) is 20.8. The van der Waals surface area contributed by atoms with E-state index in [0.29, 0.717) is 11.6 Å². The van der Waals surface area contributed by atoms with Crippen molar-refractivity contribution in [2.24, 2.45) is 10.9 Å². The number of rotatable bonds is 4. The molecule has 2 aliphatic heterocycles. The molecule has 0 bridgehead atoms. The van der Waals surface area contributed by atoms with Crippen LogP contribution in [-0.2, 0) is 0 Å². The first kappa shape index (κ1) is 19.8. The number of nitrogens with zero attached hydrogens (tertiary/aromatic N) is 5. The predicted octanol–water partition coefficient (Wildman–Crippen LogP) is 4.24. The second-order valence-electron chi connectivity index (χ2n) is 7.98. The highest BCUT2D eigenvalue weighted by Crippen LogP contribution is 2.43. The van der Waals surface area contributed by atoms with E-state index in [2.05, 4.69) is 50.3 Å². The third-order valence-electron chi connectivity index (χ3n) is 6.19. The third kappa shape index (κ3) is 3.83. The highest BCUT2D eigenvalue weighted by atomic mass is 35.5. The van der Waals surface area contributed by atoms with Gasteiger partial charge in [-0.1, -0.05) is 48.0 Å². The van der Waals surface area contributed by atoms with Crippen LogP contribution in [0.15, 0.2) is 65.8 Å². The monoisotopic (exact) mass is 430 g/mol. The van der Waals surface area contributed by atoms with Gasteiger partial charge in [-0.25, -0.2) is 4.99 Å². The molecule has 2 unspecified atom stereocenters. The summed E-state index contributed by atoms with van der Waals surface area (Å²) >= 11 is 6.53. The molecular formula is C24H23ClN6. The Kier molecular flexibility index (Phi) is 5.46. The molecule has 1 N–H and O–H groups in total. The summed E-state index contributed by atoms with van der Waals surface area (Å²) in [6.07, 6.45) is 1.77. The van der Waals surface area contributed by atoms with Gasteiger partial charge in [0.05, 0.1) is 23.9 Å². The average Bonchev–Trinajstić information content (AvgIpc) is 3.28. The minimum atomic E-state index is -0.378. The molecule has 3 heterocycles. The Hall–Kier alpha value is -3.14. The smallest absolute Gasteiger partial charge is 0.151 e. The van der Waals surface area contributed by atoms with Crippen LogP contribution < -0.4 is 4.90 Å². The highest BCUT2D eigenvalue weighted by molar-refractivity contribution is 6.31. The number of fused-ring (bicyclic) bond motifs is 1. The molecular weight excluding hydrogens is 408 g/mol. The largest absolute Gasteiger partial charge is 0.369 e. The summed E-state index contributed by atoms with van der Waals surface area (Å²) in [6.45, 7) is 4.44. The van der Waals surface area contributed by atoms with Crippen LogP contribution in [0.5, 0.6) is 0 Å². The van der Waals surface area contributed by atoms with Gasteiger partial charge in [0.1, 0.15) is 0 Å². The Morgan fingerprint density at radius 2 is 1.74 bits per heavy atom. The molecule has 7 heteroatoms. The first-order chi connectivity index (χ1) is 15.2. The number of halogens is 1. The number of nitriles is 1. The number of aromatic amines is 1. The van der Waals surface area contributed by atoms with Crippen LogP contribution in [0.3, 0.4) is 0 Å². The molecule has 1 aromatic heterocycles. The van der Waals surface area contributed by atoms with Crippen LogP contribution in [0.2, 0.25) is 5.02 Å². The zero-order valence-corrected chi connectivity index (χ0v) is 17.8. The molecule has 0 aliphatic carbocycles. The molecule has 1 fully saturated rings. The van der Waals surface area contributed by atoms with E-state index in [4.69, 9.17) is 16.6 Å². The van der Waals surface area contributed by atoms with Gasteiger partial charge in [0.2, 0.25) is 0 Å². The molecule has 156 valence electrons. The van der Waals surface area contributed by atoms with E-state index >= 15 is 0 Å². The van der Waals surface area contributed by atoms with Gasteiger partial charge in [-0.2, -0.15) is 10.4 Å². The van der Waals surface area contributed by atoms with Crippen LogP contribution in [0.25, 0.3) is 0 Å². The van der Waals surface area contributed by atoms with E-state index in [1.807, 2.05) is 30.3 Å². The Bertz CT molecular complexity index is 1120. The molecule has 2 atom stereocenters. The van der Waals surface area contributed by atoms with Crippen LogP contribution in [0, 0.1) is 17.2 Å². The molecule has 31 heavy (non-hydrogen) atoms. The van der Waals surface area contributed by atoms with Gasteiger partial charge >= 0.3 is 0 Å². The predicted molar refractivity (Wildman–Crippen MR) is 123 cm³/mol. The van der Waals surface area contributed by atoms with E-state index in [0.717, 1.165) is 48.8 Å². The van der Waals surface area contributed by atoms with Crippen LogP contribution in [-0.4, -0.2) is 53.5 Å². The maximum Gasteiger partial charge on any atom is 0.151 e. The van der Waals surface area contributed by atoms with Gasteiger partial charge in [0.15, 0.2) is 5.82 Å². The Balaban J connectivity index is 1.37. The lowest BCUT2D eigenvalue weighted by molar-refractivity contribution is 0.289. The van der Waals surface area contributed by atoms with Gasteiger partial charge in [0, 0.05) is 54.9 Å². The average molecular weight is 431 g/mol. The molecule has 5 rings (SSSR count). The van der Waals surface area contributed by atoms with Crippen molar-refractivity contribution >= 4 is 28.8 Å². The minimum Gasteiger partial charge on any atom is -0.369 e. The standard InChI is InChI=1S/C24H23ClN6/c25-21-9-5-4-8-18(21)23-19(14-26)22(28-24-20(23)15-27-29-24)16-30-10-12-31(13-11-30)17-6-2-1-3-7-17/h1-9,15,19,23H,10-13,16H2,(H,27,29). The normalized spacial score (nSPS) is 21.3. The SMILES string of the molecule is N#CC1C(CN2CCN(c3ccccc3)CC2)=Nc2[nH]ncc2C1c1ccccc1Cl. The Labute approximate surface area is 186 Å². The van der Waals surface area contributed by atoms with Crippen molar-refractivity contribution < 1.29 is 0 Å². The molecule has 1 saturated heterocycles. The van der Waals surface area contributed by atoms with Crippen molar-refractivity contribution in [2.45, 2.75) is 5.92 Å². The van der Waals surface area contributed by atoms with Crippen molar-refractivity contribution in [1.29, 1.82) is 5.26 Å². The summed E-state index contributed by atoms with van der Waals surface area (Å²) in [7, 11) is 0. The van der Waals surface area contributed by atoms with Crippen LogP contribution in [0.1, 0.15) is 17.0 Å². The summed E-state index contributed by atoms with van der Waals surface area (Å²) in [5.74, 6) is 0.178. The van der Waals surface area contributed by atoms with E-state index < -0.39 is 0 Å². The van der Waals surface area contributed by atoms with Gasteiger partial charge < -0.3 is 4.90 Å². The fraction of sp³-hybridized carbons (Fsp3) is 0.292. The maximum atomic E-state index is 10.1. The van der Waals surface area contributed by atoms with Crippen molar-refractivity contribution in [3.8, 4) is 6.07 Å². The number of aliphatic imine (C=N–C) groups is 1. The number of H-pyrrole nitrogens is 1. The fourth-order valence-corrected chi connectivity index (χ4v) is 4.83. The molecule has 0 spiro atoms. The number of hydrogen-bond acceptors (Lipinski definition) is 5. The van der Waals surface area contributed by atoms with Gasteiger partial charge in [-0.3, -0.25) is 10.00 Å². The number of anilines is 1. The fourth-order valence-electron chi connectivity index (χ4n) is 4.58. The van der Waals surface area contributed by atoms with E-state index in [-0.39, 0.29) is 11.8 Å². The quantitative estimate of drug-likeness (QED) is 0.671. The third-order valence-corrected chi connectivity index (χ3v) is 6.53. The molecule has 0 radical (unpaired) electrons. The summed E-state index contributed by atoms with van der Waals surface area (Å²) in [5.41, 5.74) is 4.00. The van der Waals surface area contributed by atoms with Gasteiger partial charge in [-0.05, 0) is 23.8 Å². The zero-order valence-electron chi connectivity index (χ0n) is 17.1. The van der Waals surface area contributed by atoms with Crippen LogP contribution >= 0.6 is 11.6 Å². The lowest BCUT2D eigenvalue weighted by Gasteiger charge is -2.37. The number of benzene rings is 2. The number of aromatic nitrogens is 2. The Morgan fingerprint density at radius 1 is 1.00 bits per heavy atom. The van der Waals surface area contributed by atoms with Crippen molar-refractivity contribution in [3.05, 3.63) is 76.9 Å². The van der Waals surface area contributed by atoms with Crippen molar-refractivity contribution in [1.82, 2.24) is 15.1 Å². The van der Waals surface area contributed by atoms with E-state index in [1.54, 1.807) is 6.20 Å². The number of nitrogens with one attached hydrogen (secondary N) is 1. The first-order valence-corrected chi connectivity index (χ1v) is 10.9.